The molecule has 1 aromatic rings. The molecule has 0 saturated heterocycles. The molecule has 2 N–H and O–H groups in total. The molecule has 1 heterocycles. The van der Waals surface area contributed by atoms with Crippen molar-refractivity contribution in [2.45, 2.75) is 25.8 Å². The van der Waals surface area contributed by atoms with E-state index in [0.717, 1.165) is 18.0 Å². The van der Waals surface area contributed by atoms with Gasteiger partial charge in [0.1, 0.15) is 4.88 Å². The van der Waals surface area contributed by atoms with Crippen LogP contribution in [0.2, 0.25) is 0 Å². The summed E-state index contributed by atoms with van der Waals surface area (Å²) in [5.41, 5.74) is 0.599. The van der Waals surface area contributed by atoms with Gasteiger partial charge in [-0.15, -0.1) is 5.10 Å². The van der Waals surface area contributed by atoms with Crippen molar-refractivity contribution < 1.29 is 19.4 Å². The fraction of sp³-hybridized carbons (Fsp3) is 0.600. The number of nitrogens with zero attached hydrogens (tertiary/aromatic N) is 2. The molecule has 1 amide bonds. The van der Waals surface area contributed by atoms with E-state index in [-0.39, 0.29) is 0 Å². The first-order chi connectivity index (χ1) is 8.63. The minimum atomic E-state index is -1.07. The molecule has 1 atom stereocenters. The summed E-state index contributed by atoms with van der Waals surface area (Å²) >= 11 is 0.962. The Morgan fingerprint density at radius 2 is 2.28 bits per heavy atom. The van der Waals surface area contributed by atoms with Crippen molar-refractivity contribution >= 4 is 23.4 Å². The number of nitrogens with one attached hydrogen (secondary N) is 1. The average molecular weight is 273 g/mol. The smallest absolute Gasteiger partial charge is 0.330 e. The minimum Gasteiger partial charge on any atom is -0.467 e. The Morgan fingerprint density at radius 1 is 1.56 bits per heavy atom. The highest BCUT2D eigenvalue weighted by atomic mass is 32.1. The summed E-state index contributed by atoms with van der Waals surface area (Å²) in [6.07, 6.45) is 1.48. The molecule has 7 nitrogen and oxygen atoms in total. The summed E-state index contributed by atoms with van der Waals surface area (Å²) in [7, 11) is 1.19. The lowest BCUT2D eigenvalue weighted by atomic mass is 10.2. The third-order valence-corrected chi connectivity index (χ3v) is 2.99. The van der Waals surface area contributed by atoms with Gasteiger partial charge in [-0.05, 0) is 18.0 Å². The minimum absolute atomic E-state index is 0.360. The molecule has 0 aromatic carbocycles. The molecule has 0 aliphatic rings. The zero-order valence-corrected chi connectivity index (χ0v) is 11.0. The number of aliphatic hydroxyl groups is 1. The molecule has 0 bridgehead atoms. The van der Waals surface area contributed by atoms with E-state index in [1.807, 2.05) is 6.92 Å². The normalized spacial score (nSPS) is 11.9. The van der Waals surface area contributed by atoms with Gasteiger partial charge in [-0.25, -0.2) is 4.79 Å². The topological polar surface area (TPSA) is 101 Å². The van der Waals surface area contributed by atoms with E-state index >= 15 is 0 Å². The number of carbonyl (C=O) groups is 2. The fourth-order valence-corrected chi connectivity index (χ4v) is 1.94. The molecule has 0 aliphatic heterocycles. The SMILES string of the molecule is CCCc1nnsc1C(=O)NC(CO)C(=O)OC. The third kappa shape index (κ3) is 3.47. The first kappa shape index (κ1) is 14.5. The number of hydrogen-bond donors (Lipinski definition) is 2. The lowest BCUT2D eigenvalue weighted by Gasteiger charge is -2.13. The van der Waals surface area contributed by atoms with Gasteiger partial charge in [-0.2, -0.15) is 0 Å². The molecule has 18 heavy (non-hydrogen) atoms. The van der Waals surface area contributed by atoms with Crippen LogP contribution < -0.4 is 5.32 Å². The van der Waals surface area contributed by atoms with E-state index in [1.54, 1.807) is 0 Å². The monoisotopic (exact) mass is 273 g/mol. The number of esters is 1. The predicted molar refractivity (Wildman–Crippen MR) is 64.3 cm³/mol. The predicted octanol–water partition coefficient (Wildman–Crippen LogP) is -0.246. The van der Waals surface area contributed by atoms with Crippen molar-refractivity contribution in [3.63, 3.8) is 0 Å². The quantitative estimate of drug-likeness (QED) is 0.693. The van der Waals surface area contributed by atoms with Gasteiger partial charge in [0.2, 0.25) is 0 Å². The van der Waals surface area contributed by atoms with Crippen LogP contribution >= 0.6 is 11.5 Å². The van der Waals surface area contributed by atoms with Gasteiger partial charge in [0.25, 0.3) is 5.91 Å². The highest BCUT2D eigenvalue weighted by Crippen LogP contribution is 2.12. The van der Waals surface area contributed by atoms with Crippen molar-refractivity contribution in [1.82, 2.24) is 14.9 Å². The fourth-order valence-electron chi connectivity index (χ4n) is 1.33. The molecule has 0 fully saturated rings. The average Bonchev–Trinajstić information content (AvgIpc) is 2.83. The molecule has 0 spiro atoms. The van der Waals surface area contributed by atoms with Crippen molar-refractivity contribution in [3.05, 3.63) is 10.6 Å². The summed E-state index contributed by atoms with van der Waals surface area (Å²) in [5.74, 6) is -1.17. The summed E-state index contributed by atoms with van der Waals surface area (Å²) in [6.45, 7) is 1.44. The number of aromatic nitrogens is 2. The lowest BCUT2D eigenvalue weighted by molar-refractivity contribution is -0.143. The molecular weight excluding hydrogens is 258 g/mol. The first-order valence-corrected chi connectivity index (χ1v) is 6.22. The molecule has 1 unspecified atom stereocenters. The van der Waals surface area contributed by atoms with Crippen LogP contribution in [-0.4, -0.2) is 46.3 Å². The first-order valence-electron chi connectivity index (χ1n) is 5.44. The standard InChI is InChI=1S/C10H15N3O4S/c1-3-4-6-8(18-13-12-6)9(15)11-7(5-14)10(16)17-2/h7,14H,3-5H2,1-2H3,(H,11,15). The van der Waals surface area contributed by atoms with Crippen LogP contribution in [0.1, 0.15) is 28.7 Å². The van der Waals surface area contributed by atoms with Crippen LogP contribution in [0, 0.1) is 0 Å². The Morgan fingerprint density at radius 3 is 2.83 bits per heavy atom. The van der Waals surface area contributed by atoms with Crippen LogP contribution in [0.5, 0.6) is 0 Å². The molecule has 1 rings (SSSR count). The molecule has 0 saturated carbocycles. The van der Waals surface area contributed by atoms with Crippen LogP contribution in [0.15, 0.2) is 0 Å². The molecule has 8 heteroatoms. The number of ether oxygens (including phenoxy) is 1. The van der Waals surface area contributed by atoms with E-state index in [9.17, 15) is 9.59 Å². The van der Waals surface area contributed by atoms with E-state index in [0.29, 0.717) is 17.0 Å². The van der Waals surface area contributed by atoms with Crippen molar-refractivity contribution in [2.75, 3.05) is 13.7 Å². The van der Waals surface area contributed by atoms with Gasteiger partial charge in [0, 0.05) is 0 Å². The van der Waals surface area contributed by atoms with Crippen molar-refractivity contribution in [3.8, 4) is 0 Å². The zero-order chi connectivity index (χ0) is 13.5. The maximum atomic E-state index is 11.9. The van der Waals surface area contributed by atoms with Crippen LogP contribution in [0.4, 0.5) is 0 Å². The molecule has 0 aliphatic carbocycles. The number of rotatable bonds is 6. The van der Waals surface area contributed by atoms with Gasteiger partial charge >= 0.3 is 5.97 Å². The van der Waals surface area contributed by atoms with Gasteiger partial charge in [-0.1, -0.05) is 17.8 Å². The second kappa shape index (κ2) is 7.02. The summed E-state index contributed by atoms with van der Waals surface area (Å²) in [6, 6.07) is -1.07. The number of aryl methyl sites for hydroxylation is 1. The van der Waals surface area contributed by atoms with Crippen LogP contribution in [-0.2, 0) is 16.0 Å². The maximum Gasteiger partial charge on any atom is 0.330 e. The van der Waals surface area contributed by atoms with Crippen molar-refractivity contribution in [1.29, 1.82) is 0 Å². The largest absolute Gasteiger partial charge is 0.467 e. The number of methoxy groups -OCH3 is 1. The summed E-state index contributed by atoms with van der Waals surface area (Å²) < 4.78 is 8.17. The molecule has 1 aromatic heterocycles. The zero-order valence-electron chi connectivity index (χ0n) is 10.2. The molecule has 0 radical (unpaired) electrons. The highest BCUT2D eigenvalue weighted by Gasteiger charge is 2.24. The maximum absolute atomic E-state index is 11.9. The second-order valence-corrected chi connectivity index (χ2v) is 4.28. The summed E-state index contributed by atoms with van der Waals surface area (Å²) in [5, 5.41) is 15.2. The Kier molecular flexibility index (Phi) is 5.66. The van der Waals surface area contributed by atoms with Gasteiger partial charge in [0.15, 0.2) is 6.04 Å². The van der Waals surface area contributed by atoms with Gasteiger partial charge in [-0.3, -0.25) is 4.79 Å². The van der Waals surface area contributed by atoms with E-state index < -0.39 is 24.5 Å². The van der Waals surface area contributed by atoms with E-state index in [1.165, 1.54) is 7.11 Å². The number of amides is 1. The number of aliphatic hydroxyl groups excluding tert-OH is 1. The van der Waals surface area contributed by atoms with Crippen LogP contribution in [0.25, 0.3) is 0 Å². The van der Waals surface area contributed by atoms with Gasteiger partial charge < -0.3 is 15.2 Å². The Hall–Kier alpha value is -1.54. The third-order valence-electron chi connectivity index (χ3n) is 2.22. The van der Waals surface area contributed by atoms with Crippen molar-refractivity contribution in [2.24, 2.45) is 0 Å². The lowest BCUT2D eigenvalue weighted by Crippen LogP contribution is -2.44. The highest BCUT2D eigenvalue weighted by molar-refractivity contribution is 7.08. The van der Waals surface area contributed by atoms with E-state index in [2.05, 4.69) is 19.6 Å². The molecule has 100 valence electrons. The molecular formula is C10H15N3O4S. The number of carbonyl (C=O) groups excluding carboxylic acids is 2. The Bertz CT molecular complexity index is 421. The van der Waals surface area contributed by atoms with Gasteiger partial charge in [0.05, 0.1) is 19.4 Å². The number of hydrogen-bond acceptors (Lipinski definition) is 7. The summed E-state index contributed by atoms with van der Waals surface area (Å²) in [4.78, 5) is 23.5. The Labute approximate surface area is 108 Å². The van der Waals surface area contributed by atoms with Crippen LogP contribution in [0.3, 0.4) is 0 Å². The second-order valence-electron chi connectivity index (χ2n) is 3.53. The van der Waals surface area contributed by atoms with E-state index in [4.69, 9.17) is 5.11 Å². The Balaban J connectivity index is 2.74.